The monoisotopic (exact) mass is 334 g/mol. The number of esters is 1. The SMILES string of the molecule is Cc1ccc(CCOCCOC2CC(C(=O)OC(C)(C)C)C2)cc1. The van der Waals surface area contributed by atoms with E-state index in [4.69, 9.17) is 14.2 Å². The van der Waals surface area contributed by atoms with Gasteiger partial charge in [0, 0.05) is 0 Å². The number of benzene rings is 1. The molecule has 4 heteroatoms. The van der Waals surface area contributed by atoms with Crippen LogP contribution in [0.4, 0.5) is 0 Å². The molecule has 1 fully saturated rings. The molecule has 0 unspecified atom stereocenters. The lowest BCUT2D eigenvalue weighted by atomic mass is 9.82. The second kappa shape index (κ2) is 8.63. The van der Waals surface area contributed by atoms with Crippen LogP contribution in [0.15, 0.2) is 24.3 Å². The molecule has 2 rings (SSSR count). The Morgan fingerprint density at radius 3 is 2.38 bits per heavy atom. The third kappa shape index (κ3) is 6.62. The van der Waals surface area contributed by atoms with Crippen molar-refractivity contribution in [2.45, 2.75) is 58.7 Å². The van der Waals surface area contributed by atoms with Crippen molar-refractivity contribution in [3.63, 3.8) is 0 Å². The molecule has 1 saturated carbocycles. The van der Waals surface area contributed by atoms with Crippen LogP contribution in [-0.4, -0.2) is 37.5 Å². The van der Waals surface area contributed by atoms with Gasteiger partial charge in [0.05, 0.1) is 31.8 Å². The number of carbonyl (C=O) groups is 1. The molecule has 0 radical (unpaired) electrons. The Kier molecular flexibility index (Phi) is 6.81. The van der Waals surface area contributed by atoms with Gasteiger partial charge in [0.25, 0.3) is 0 Å². The molecule has 24 heavy (non-hydrogen) atoms. The highest BCUT2D eigenvalue weighted by atomic mass is 16.6. The van der Waals surface area contributed by atoms with Gasteiger partial charge in [-0.3, -0.25) is 4.79 Å². The molecule has 4 nitrogen and oxygen atoms in total. The molecule has 1 aliphatic carbocycles. The summed E-state index contributed by atoms with van der Waals surface area (Å²) in [5, 5.41) is 0. The molecule has 1 aromatic carbocycles. The third-order valence-corrected chi connectivity index (χ3v) is 4.07. The first-order valence-electron chi connectivity index (χ1n) is 8.81. The number of aryl methyl sites for hydroxylation is 1. The Bertz CT molecular complexity index is 509. The molecule has 134 valence electrons. The normalized spacial score (nSPS) is 20.5. The first-order valence-corrected chi connectivity index (χ1v) is 8.81. The van der Waals surface area contributed by atoms with Gasteiger partial charge < -0.3 is 14.2 Å². The van der Waals surface area contributed by atoms with E-state index in [-0.39, 0.29) is 18.0 Å². The molecule has 0 spiro atoms. The maximum Gasteiger partial charge on any atom is 0.309 e. The summed E-state index contributed by atoms with van der Waals surface area (Å²) in [7, 11) is 0. The topological polar surface area (TPSA) is 44.8 Å². The van der Waals surface area contributed by atoms with Crippen LogP contribution in [0.25, 0.3) is 0 Å². The molecular weight excluding hydrogens is 304 g/mol. The van der Waals surface area contributed by atoms with Gasteiger partial charge in [0.1, 0.15) is 5.60 Å². The number of ether oxygens (including phenoxy) is 3. The summed E-state index contributed by atoms with van der Waals surface area (Å²) in [6.45, 7) is 9.66. The maximum atomic E-state index is 11.9. The van der Waals surface area contributed by atoms with Crippen LogP contribution in [0, 0.1) is 12.8 Å². The van der Waals surface area contributed by atoms with E-state index in [1.807, 2.05) is 20.8 Å². The second-order valence-corrected chi connectivity index (χ2v) is 7.54. The number of carbonyl (C=O) groups excluding carboxylic acids is 1. The first-order chi connectivity index (χ1) is 11.3. The van der Waals surface area contributed by atoms with Crippen molar-refractivity contribution >= 4 is 5.97 Å². The van der Waals surface area contributed by atoms with Gasteiger partial charge in [0.2, 0.25) is 0 Å². The molecule has 0 saturated heterocycles. The van der Waals surface area contributed by atoms with E-state index in [1.54, 1.807) is 0 Å². The van der Waals surface area contributed by atoms with Crippen molar-refractivity contribution in [3.8, 4) is 0 Å². The summed E-state index contributed by atoms with van der Waals surface area (Å²) in [6, 6.07) is 8.52. The summed E-state index contributed by atoms with van der Waals surface area (Å²) in [6.07, 6.45) is 2.62. The zero-order valence-corrected chi connectivity index (χ0v) is 15.3. The minimum absolute atomic E-state index is 0.00307. The van der Waals surface area contributed by atoms with Crippen molar-refractivity contribution in [1.29, 1.82) is 0 Å². The maximum absolute atomic E-state index is 11.9. The zero-order chi connectivity index (χ0) is 17.6. The third-order valence-electron chi connectivity index (χ3n) is 4.07. The molecule has 0 bridgehead atoms. The van der Waals surface area contributed by atoms with Gasteiger partial charge in [-0.1, -0.05) is 29.8 Å². The van der Waals surface area contributed by atoms with Crippen LogP contribution >= 0.6 is 0 Å². The highest BCUT2D eigenvalue weighted by Gasteiger charge is 2.37. The summed E-state index contributed by atoms with van der Waals surface area (Å²) >= 11 is 0. The molecular formula is C20H30O4. The lowest BCUT2D eigenvalue weighted by molar-refractivity contribution is -0.169. The fourth-order valence-electron chi connectivity index (χ4n) is 2.60. The average Bonchev–Trinajstić information content (AvgIpc) is 2.44. The van der Waals surface area contributed by atoms with Crippen molar-refractivity contribution in [2.75, 3.05) is 19.8 Å². The van der Waals surface area contributed by atoms with Crippen molar-refractivity contribution in [3.05, 3.63) is 35.4 Å². The van der Waals surface area contributed by atoms with Crippen LogP contribution in [-0.2, 0) is 25.4 Å². The molecule has 0 amide bonds. The zero-order valence-electron chi connectivity index (χ0n) is 15.3. The fourth-order valence-corrected chi connectivity index (χ4v) is 2.60. The van der Waals surface area contributed by atoms with Crippen LogP contribution in [0.1, 0.15) is 44.7 Å². The predicted octanol–water partition coefficient (Wildman–Crippen LogP) is 3.69. The lowest BCUT2D eigenvalue weighted by Crippen LogP contribution is -2.40. The number of hydrogen-bond acceptors (Lipinski definition) is 4. The molecule has 0 aliphatic heterocycles. The Hall–Kier alpha value is -1.39. The summed E-state index contributed by atoms with van der Waals surface area (Å²) < 4.78 is 16.7. The smallest absolute Gasteiger partial charge is 0.309 e. The Morgan fingerprint density at radius 2 is 1.75 bits per heavy atom. The van der Waals surface area contributed by atoms with E-state index < -0.39 is 5.60 Å². The molecule has 1 aromatic rings. The van der Waals surface area contributed by atoms with E-state index in [0.29, 0.717) is 19.8 Å². The van der Waals surface area contributed by atoms with Crippen LogP contribution in [0.5, 0.6) is 0 Å². The fraction of sp³-hybridized carbons (Fsp3) is 0.650. The van der Waals surface area contributed by atoms with Gasteiger partial charge in [-0.15, -0.1) is 0 Å². The minimum atomic E-state index is -0.408. The van der Waals surface area contributed by atoms with Gasteiger partial charge in [-0.25, -0.2) is 0 Å². The van der Waals surface area contributed by atoms with Gasteiger partial charge in [-0.2, -0.15) is 0 Å². The average molecular weight is 334 g/mol. The van der Waals surface area contributed by atoms with Crippen molar-refractivity contribution in [2.24, 2.45) is 5.92 Å². The first kappa shape index (κ1) is 18.9. The minimum Gasteiger partial charge on any atom is -0.460 e. The molecule has 0 atom stereocenters. The second-order valence-electron chi connectivity index (χ2n) is 7.54. The molecule has 0 aromatic heterocycles. The predicted molar refractivity (Wildman–Crippen MR) is 94.0 cm³/mol. The molecule has 0 heterocycles. The van der Waals surface area contributed by atoms with Crippen LogP contribution in [0.3, 0.4) is 0 Å². The highest BCUT2D eigenvalue weighted by Crippen LogP contribution is 2.32. The van der Waals surface area contributed by atoms with E-state index >= 15 is 0 Å². The summed E-state index contributed by atoms with van der Waals surface area (Å²) in [5.41, 5.74) is 2.16. The Balaban J connectivity index is 1.48. The standard InChI is InChI=1S/C20H30O4/c1-15-5-7-16(8-6-15)9-10-22-11-12-23-18-13-17(14-18)19(21)24-20(2,3)4/h5-8,17-18H,9-14H2,1-4H3. The van der Waals surface area contributed by atoms with Crippen LogP contribution < -0.4 is 0 Å². The van der Waals surface area contributed by atoms with Crippen molar-refractivity contribution in [1.82, 2.24) is 0 Å². The Labute approximate surface area is 145 Å². The summed E-state index contributed by atoms with van der Waals surface area (Å²) in [4.78, 5) is 11.9. The van der Waals surface area contributed by atoms with E-state index in [2.05, 4.69) is 31.2 Å². The molecule has 1 aliphatic rings. The summed E-state index contributed by atoms with van der Waals surface area (Å²) in [5.74, 6) is -0.103. The van der Waals surface area contributed by atoms with Gasteiger partial charge in [0.15, 0.2) is 0 Å². The number of hydrogen-bond donors (Lipinski definition) is 0. The quantitative estimate of drug-likeness (QED) is 0.537. The van der Waals surface area contributed by atoms with E-state index in [1.165, 1.54) is 11.1 Å². The molecule has 0 N–H and O–H groups in total. The van der Waals surface area contributed by atoms with E-state index in [9.17, 15) is 4.79 Å². The largest absolute Gasteiger partial charge is 0.460 e. The van der Waals surface area contributed by atoms with Crippen molar-refractivity contribution < 1.29 is 19.0 Å². The van der Waals surface area contributed by atoms with Gasteiger partial charge >= 0.3 is 5.97 Å². The highest BCUT2D eigenvalue weighted by molar-refractivity contribution is 5.74. The Morgan fingerprint density at radius 1 is 1.08 bits per heavy atom. The van der Waals surface area contributed by atoms with Crippen LogP contribution in [0.2, 0.25) is 0 Å². The van der Waals surface area contributed by atoms with Gasteiger partial charge in [-0.05, 0) is 52.5 Å². The van der Waals surface area contributed by atoms with E-state index in [0.717, 1.165) is 19.3 Å². The lowest BCUT2D eigenvalue weighted by Gasteiger charge is -2.35. The number of rotatable bonds is 8.